The van der Waals surface area contributed by atoms with E-state index >= 15 is 0 Å². The van der Waals surface area contributed by atoms with E-state index < -0.39 is 23.5 Å². The first kappa shape index (κ1) is 26.8. The summed E-state index contributed by atoms with van der Waals surface area (Å²) in [6.07, 6.45) is -5.30. The molecule has 0 amide bonds. The van der Waals surface area contributed by atoms with Crippen LogP contribution in [0.4, 0.5) is 26.3 Å². The molecule has 186 valence electrons. The van der Waals surface area contributed by atoms with Crippen LogP contribution in [0, 0.1) is 0 Å². The average molecular weight is 512 g/mol. The minimum Gasteiger partial charge on any atom is -0.299 e. The van der Waals surface area contributed by atoms with Crippen molar-refractivity contribution < 1.29 is 26.3 Å². The highest BCUT2D eigenvalue weighted by Gasteiger charge is 2.31. The maximum absolute atomic E-state index is 13.0. The van der Waals surface area contributed by atoms with E-state index in [0.29, 0.717) is 24.1 Å². The SMILES string of the molecule is Cl.FC(F)(F)c1cccc(C2=CCN(CCc3ccc(-c4cccc(C(F)(F)F)c4)cc3)CC2)c1. The Kier molecular flexibility index (Phi) is 8.34. The van der Waals surface area contributed by atoms with Crippen LogP contribution in [0.3, 0.4) is 0 Å². The van der Waals surface area contributed by atoms with E-state index in [1.165, 1.54) is 18.2 Å². The largest absolute Gasteiger partial charge is 0.416 e. The van der Waals surface area contributed by atoms with Crippen LogP contribution in [-0.4, -0.2) is 24.5 Å². The van der Waals surface area contributed by atoms with Gasteiger partial charge in [0, 0.05) is 19.6 Å². The molecule has 1 aliphatic rings. The highest BCUT2D eigenvalue weighted by Crippen LogP contribution is 2.33. The number of halogens is 7. The van der Waals surface area contributed by atoms with Crippen molar-refractivity contribution in [2.24, 2.45) is 0 Å². The van der Waals surface area contributed by atoms with E-state index in [1.54, 1.807) is 12.1 Å². The van der Waals surface area contributed by atoms with Crippen molar-refractivity contribution in [2.45, 2.75) is 25.2 Å². The zero-order valence-electron chi connectivity index (χ0n) is 18.7. The van der Waals surface area contributed by atoms with E-state index in [4.69, 9.17) is 0 Å². The van der Waals surface area contributed by atoms with Gasteiger partial charge in [-0.15, -0.1) is 12.4 Å². The minimum absolute atomic E-state index is 0. The summed E-state index contributed by atoms with van der Waals surface area (Å²) in [6, 6.07) is 18.2. The van der Waals surface area contributed by atoms with E-state index in [2.05, 4.69) is 4.90 Å². The van der Waals surface area contributed by atoms with Gasteiger partial charge >= 0.3 is 12.4 Å². The third kappa shape index (κ3) is 6.89. The summed E-state index contributed by atoms with van der Waals surface area (Å²) in [5.74, 6) is 0. The molecular formula is C27H24ClF6N. The summed E-state index contributed by atoms with van der Waals surface area (Å²) in [6.45, 7) is 2.20. The Morgan fingerprint density at radius 2 is 1.26 bits per heavy atom. The molecule has 0 N–H and O–H groups in total. The molecule has 0 radical (unpaired) electrons. The molecule has 0 fully saturated rings. The molecule has 0 saturated heterocycles. The highest BCUT2D eigenvalue weighted by molar-refractivity contribution is 5.85. The van der Waals surface area contributed by atoms with Crippen molar-refractivity contribution in [3.05, 3.63) is 101 Å². The van der Waals surface area contributed by atoms with Crippen molar-refractivity contribution in [3.8, 4) is 11.1 Å². The number of alkyl halides is 6. The van der Waals surface area contributed by atoms with Gasteiger partial charge in [-0.2, -0.15) is 26.3 Å². The molecule has 1 heterocycles. The first-order valence-corrected chi connectivity index (χ1v) is 11.0. The van der Waals surface area contributed by atoms with Crippen molar-refractivity contribution in [1.29, 1.82) is 0 Å². The molecule has 1 aliphatic heterocycles. The maximum atomic E-state index is 13.0. The van der Waals surface area contributed by atoms with E-state index in [-0.39, 0.29) is 12.4 Å². The topological polar surface area (TPSA) is 3.24 Å². The van der Waals surface area contributed by atoms with Gasteiger partial charge in [0.1, 0.15) is 0 Å². The van der Waals surface area contributed by atoms with Gasteiger partial charge in [0.2, 0.25) is 0 Å². The van der Waals surface area contributed by atoms with Gasteiger partial charge in [-0.05, 0) is 64.9 Å². The van der Waals surface area contributed by atoms with Crippen molar-refractivity contribution in [3.63, 3.8) is 0 Å². The quantitative estimate of drug-likeness (QED) is 0.312. The Hall–Kier alpha value is -2.77. The van der Waals surface area contributed by atoms with Crippen molar-refractivity contribution in [2.75, 3.05) is 19.6 Å². The minimum atomic E-state index is -4.38. The second-order valence-electron chi connectivity index (χ2n) is 8.38. The molecule has 1 nitrogen and oxygen atoms in total. The van der Waals surface area contributed by atoms with Gasteiger partial charge in [-0.1, -0.05) is 54.6 Å². The standard InChI is InChI=1S/C27H23F6N.ClH/c28-26(29,30)24-5-1-3-22(17-24)20-9-7-19(8-10-20)11-14-34-15-12-21(13-16-34)23-4-2-6-25(18-23)27(31,32)33;/h1-10,12,17-18H,11,13-16H2;1H. The molecule has 3 aromatic carbocycles. The van der Waals surface area contributed by atoms with Crippen LogP contribution in [0.5, 0.6) is 0 Å². The number of hydrogen-bond acceptors (Lipinski definition) is 1. The number of benzene rings is 3. The third-order valence-electron chi connectivity index (χ3n) is 6.05. The molecule has 0 unspecified atom stereocenters. The molecule has 35 heavy (non-hydrogen) atoms. The summed E-state index contributed by atoms with van der Waals surface area (Å²) in [4.78, 5) is 2.23. The van der Waals surface area contributed by atoms with Crippen LogP contribution in [0.2, 0.25) is 0 Å². The molecule has 0 saturated carbocycles. The summed E-state index contributed by atoms with van der Waals surface area (Å²) in [5.41, 5.74) is 2.54. The normalized spacial score (nSPS) is 14.9. The third-order valence-corrected chi connectivity index (χ3v) is 6.05. The van der Waals surface area contributed by atoms with Crippen LogP contribution < -0.4 is 0 Å². The summed E-state index contributed by atoms with van der Waals surface area (Å²) >= 11 is 0. The fourth-order valence-corrected chi connectivity index (χ4v) is 4.10. The molecule has 0 aliphatic carbocycles. The summed E-state index contributed by atoms with van der Waals surface area (Å²) in [5, 5.41) is 0. The molecule has 8 heteroatoms. The van der Waals surface area contributed by atoms with Crippen LogP contribution >= 0.6 is 12.4 Å². The van der Waals surface area contributed by atoms with Gasteiger partial charge in [-0.25, -0.2) is 0 Å². The van der Waals surface area contributed by atoms with E-state index in [0.717, 1.165) is 54.4 Å². The molecular weight excluding hydrogens is 488 g/mol. The van der Waals surface area contributed by atoms with Crippen LogP contribution in [0.25, 0.3) is 16.7 Å². The highest BCUT2D eigenvalue weighted by atomic mass is 35.5. The van der Waals surface area contributed by atoms with Crippen molar-refractivity contribution in [1.82, 2.24) is 4.90 Å². The number of rotatable bonds is 5. The lowest BCUT2D eigenvalue weighted by molar-refractivity contribution is -0.138. The molecule has 3 aromatic rings. The summed E-state index contributed by atoms with van der Waals surface area (Å²) in [7, 11) is 0. The lowest BCUT2D eigenvalue weighted by Gasteiger charge is -2.26. The second-order valence-corrected chi connectivity index (χ2v) is 8.38. The van der Waals surface area contributed by atoms with Gasteiger partial charge < -0.3 is 0 Å². The average Bonchev–Trinajstić information content (AvgIpc) is 2.82. The van der Waals surface area contributed by atoms with Crippen LogP contribution in [-0.2, 0) is 18.8 Å². The Balaban J connectivity index is 0.00000342. The van der Waals surface area contributed by atoms with E-state index in [9.17, 15) is 26.3 Å². The number of hydrogen-bond donors (Lipinski definition) is 0. The second kappa shape index (κ2) is 10.9. The Labute approximate surface area is 206 Å². The molecule has 0 atom stereocenters. The van der Waals surface area contributed by atoms with Gasteiger partial charge in [0.05, 0.1) is 11.1 Å². The van der Waals surface area contributed by atoms with E-state index in [1.807, 2.05) is 30.3 Å². The van der Waals surface area contributed by atoms with Gasteiger partial charge in [0.25, 0.3) is 0 Å². The van der Waals surface area contributed by atoms with Crippen LogP contribution in [0.1, 0.15) is 28.7 Å². The molecule has 4 rings (SSSR count). The Bertz CT molecular complexity index is 1170. The first-order chi connectivity index (χ1) is 16.1. The zero-order chi connectivity index (χ0) is 24.3. The zero-order valence-corrected chi connectivity index (χ0v) is 19.5. The smallest absolute Gasteiger partial charge is 0.299 e. The van der Waals surface area contributed by atoms with Crippen LogP contribution in [0.15, 0.2) is 78.9 Å². The Morgan fingerprint density at radius 1 is 0.686 bits per heavy atom. The lowest BCUT2D eigenvalue weighted by atomic mass is 9.97. The van der Waals surface area contributed by atoms with Gasteiger partial charge in [-0.3, -0.25) is 4.90 Å². The molecule has 0 spiro atoms. The first-order valence-electron chi connectivity index (χ1n) is 11.0. The summed E-state index contributed by atoms with van der Waals surface area (Å²) < 4.78 is 77.8. The molecule has 0 aromatic heterocycles. The number of nitrogens with zero attached hydrogens (tertiary/aromatic N) is 1. The Morgan fingerprint density at radius 3 is 1.80 bits per heavy atom. The maximum Gasteiger partial charge on any atom is 0.416 e. The predicted molar refractivity (Wildman–Crippen MR) is 128 cm³/mol. The predicted octanol–water partition coefficient (Wildman–Crippen LogP) is 8.14. The van der Waals surface area contributed by atoms with Crippen molar-refractivity contribution >= 4 is 18.0 Å². The lowest BCUT2D eigenvalue weighted by Crippen LogP contribution is -2.30. The molecule has 0 bridgehead atoms. The fraction of sp³-hybridized carbons (Fsp3) is 0.259. The fourth-order valence-electron chi connectivity index (χ4n) is 4.10. The monoisotopic (exact) mass is 511 g/mol. The van der Waals surface area contributed by atoms with Gasteiger partial charge in [0.15, 0.2) is 0 Å².